The lowest BCUT2D eigenvalue weighted by atomic mass is 9.95. The highest BCUT2D eigenvalue weighted by atomic mass is 19.1. The van der Waals surface area contributed by atoms with E-state index in [-0.39, 0.29) is 18.3 Å². The number of anilines is 2. The highest BCUT2D eigenvalue weighted by Gasteiger charge is 2.20. The van der Waals surface area contributed by atoms with Crippen molar-refractivity contribution in [3.63, 3.8) is 0 Å². The maximum atomic E-state index is 13.3. The molecule has 0 fully saturated rings. The van der Waals surface area contributed by atoms with Gasteiger partial charge in [-0.3, -0.25) is 5.10 Å². The number of aryl methyl sites for hydroxylation is 1. The number of halogens is 1. The number of hydrogen-bond donors (Lipinski definition) is 3. The van der Waals surface area contributed by atoms with Crippen molar-refractivity contribution in [2.75, 3.05) is 11.9 Å². The first-order valence-electron chi connectivity index (χ1n) is 8.64. The van der Waals surface area contributed by atoms with Gasteiger partial charge in [-0.2, -0.15) is 10.2 Å². The van der Waals surface area contributed by atoms with Crippen molar-refractivity contribution in [3.8, 4) is 0 Å². The lowest BCUT2D eigenvalue weighted by Crippen LogP contribution is -2.13. The summed E-state index contributed by atoms with van der Waals surface area (Å²) in [6.45, 7) is 1.89. The molecule has 138 valence electrons. The Morgan fingerprint density at radius 1 is 1.26 bits per heavy atom. The molecule has 0 saturated carbocycles. The van der Waals surface area contributed by atoms with Crippen LogP contribution < -0.4 is 5.32 Å². The first-order chi connectivity index (χ1) is 13.1. The maximum absolute atomic E-state index is 13.3. The van der Waals surface area contributed by atoms with Crippen molar-refractivity contribution in [3.05, 3.63) is 71.6 Å². The smallest absolute Gasteiger partial charge is 0.159 e. The molecule has 0 amide bonds. The van der Waals surface area contributed by atoms with Crippen LogP contribution in [0, 0.1) is 12.7 Å². The number of fused-ring (bicyclic) bond motifs is 1. The molecule has 0 bridgehead atoms. The SMILES string of the molecule is Cc1cc(Nc2nc(C(CCO)c3ccc(F)cc3)nn3cccc23)n[nH]1. The van der Waals surface area contributed by atoms with Gasteiger partial charge in [0.1, 0.15) is 11.3 Å². The quantitative estimate of drug-likeness (QED) is 0.488. The second-order valence-corrected chi connectivity index (χ2v) is 6.33. The first-order valence-corrected chi connectivity index (χ1v) is 8.64. The zero-order valence-corrected chi connectivity index (χ0v) is 14.7. The van der Waals surface area contributed by atoms with E-state index in [9.17, 15) is 9.50 Å². The lowest BCUT2D eigenvalue weighted by Gasteiger charge is -2.17. The van der Waals surface area contributed by atoms with E-state index in [4.69, 9.17) is 4.98 Å². The number of aliphatic hydroxyl groups is 1. The molecule has 0 saturated heterocycles. The molecule has 1 aromatic carbocycles. The number of nitrogens with one attached hydrogen (secondary N) is 2. The number of aromatic amines is 1. The monoisotopic (exact) mass is 366 g/mol. The third-order valence-corrected chi connectivity index (χ3v) is 4.36. The summed E-state index contributed by atoms with van der Waals surface area (Å²) in [5.41, 5.74) is 2.59. The Morgan fingerprint density at radius 3 is 2.78 bits per heavy atom. The normalized spacial score (nSPS) is 12.4. The van der Waals surface area contributed by atoms with Crippen LogP contribution in [0.3, 0.4) is 0 Å². The number of H-pyrrole nitrogens is 1. The van der Waals surface area contributed by atoms with Gasteiger partial charge in [0.2, 0.25) is 0 Å². The average Bonchev–Trinajstić information content (AvgIpc) is 3.29. The second kappa shape index (κ2) is 7.16. The van der Waals surface area contributed by atoms with Crippen molar-refractivity contribution in [2.24, 2.45) is 0 Å². The average molecular weight is 366 g/mol. The molecule has 0 aliphatic carbocycles. The van der Waals surface area contributed by atoms with E-state index >= 15 is 0 Å². The molecule has 0 radical (unpaired) electrons. The molecule has 3 heterocycles. The van der Waals surface area contributed by atoms with E-state index in [2.05, 4.69) is 20.6 Å². The number of aromatic nitrogens is 5. The summed E-state index contributed by atoms with van der Waals surface area (Å²) in [6, 6.07) is 11.9. The summed E-state index contributed by atoms with van der Waals surface area (Å²) in [4.78, 5) is 4.69. The van der Waals surface area contributed by atoms with Gasteiger partial charge in [-0.1, -0.05) is 12.1 Å². The van der Waals surface area contributed by atoms with Crippen molar-refractivity contribution in [1.82, 2.24) is 24.8 Å². The van der Waals surface area contributed by atoms with Crippen LogP contribution in [-0.2, 0) is 0 Å². The Balaban J connectivity index is 1.78. The largest absolute Gasteiger partial charge is 0.396 e. The van der Waals surface area contributed by atoms with Crippen molar-refractivity contribution >= 4 is 17.2 Å². The summed E-state index contributed by atoms with van der Waals surface area (Å²) in [5, 5.41) is 24.4. The Hall–Kier alpha value is -3.26. The molecule has 0 aliphatic rings. The third-order valence-electron chi connectivity index (χ3n) is 4.36. The highest BCUT2D eigenvalue weighted by molar-refractivity contribution is 5.72. The van der Waals surface area contributed by atoms with Crippen LogP contribution in [0.5, 0.6) is 0 Å². The Bertz CT molecular complexity index is 1060. The molecule has 0 aliphatic heterocycles. The van der Waals surface area contributed by atoms with Gasteiger partial charge < -0.3 is 10.4 Å². The zero-order chi connectivity index (χ0) is 18.8. The van der Waals surface area contributed by atoms with E-state index in [1.54, 1.807) is 16.6 Å². The van der Waals surface area contributed by atoms with Crippen LogP contribution in [-0.4, -0.2) is 36.5 Å². The van der Waals surface area contributed by atoms with Crippen LogP contribution in [0.1, 0.15) is 29.4 Å². The van der Waals surface area contributed by atoms with E-state index in [0.29, 0.717) is 23.9 Å². The van der Waals surface area contributed by atoms with Crippen LogP contribution >= 0.6 is 0 Å². The van der Waals surface area contributed by atoms with Gasteiger partial charge in [-0.25, -0.2) is 13.9 Å². The molecule has 7 nitrogen and oxygen atoms in total. The Kier molecular flexibility index (Phi) is 4.55. The Morgan fingerprint density at radius 2 is 2.07 bits per heavy atom. The molecule has 1 unspecified atom stereocenters. The first kappa shape index (κ1) is 17.2. The van der Waals surface area contributed by atoms with Gasteiger partial charge in [-0.15, -0.1) is 0 Å². The summed E-state index contributed by atoms with van der Waals surface area (Å²) < 4.78 is 15.0. The fraction of sp³-hybridized carbons (Fsp3) is 0.211. The van der Waals surface area contributed by atoms with Gasteiger partial charge >= 0.3 is 0 Å². The molecular formula is C19H19FN6O. The summed E-state index contributed by atoms with van der Waals surface area (Å²) in [5.74, 6) is 1.24. The number of benzene rings is 1. The number of hydrogen-bond acceptors (Lipinski definition) is 5. The molecule has 3 N–H and O–H groups in total. The van der Waals surface area contributed by atoms with Crippen LogP contribution in [0.25, 0.3) is 5.52 Å². The van der Waals surface area contributed by atoms with E-state index < -0.39 is 0 Å². The van der Waals surface area contributed by atoms with Crippen LogP contribution in [0.4, 0.5) is 16.0 Å². The zero-order valence-electron chi connectivity index (χ0n) is 14.7. The minimum Gasteiger partial charge on any atom is -0.396 e. The minimum absolute atomic E-state index is 0.0313. The van der Waals surface area contributed by atoms with E-state index in [0.717, 1.165) is 16.8 Å². The summed E-state index contributed by atoms with van der Waals surface area (Å²) in [7, 11) is 0. The van der Waals surface area contributed by atoms with Crippen molar-refractivity contribution < 1.29 is 9.50 Å². The molecular weight excluding hydrogens is 347 g/mol. The van der Waals surface area contributed by atoms with Crippen molar-refractivity contribution in [1.29, 1.82) is 0 Å². The molecule has 4 rings (SSSR count). The van der Waals surface area contributed by atoms with Gasteiger partial charge in [0, 0.05) is 30.5 Å². The number of nitrogens with zero attached hydrogens (tertiary/aromatic N) is 4. The van der Waals surface area contributed by atoms with Crippen LogP contribution in [0.15, 0.2) is 48.7 Å². The molecule has 1 atom stereocenters. The second-order valence-electron chi connectivity index (χ2n) is 6.33. The number of rotatable bonds is 6. The van der Waals surface area contributed by atoms with Gasteiger partial charge in [0.15, 0.2) is 17.5 Å². The van der Waals surface area contributed by atoms with E-state index in [1.165, 1.54) is 12.1 Å². The topological polar surface area (TPSA) is 91.1 Å². The lowest BCUT2D eigenvalue weighted by molar-refractivity contribution is 0.279. The minimum atomic E-state index is -0.306. The molecule has 0 spiro atoms. The molecule has 3 aromatic heterocycles. The standard InChI is InChI=1S/C19H19FN6O/c1-12-11-17(24-23-12)21-19-16-3-2-9-26(16)25-18(22-19)15(8-10-27)13-4-6-14(20)7-5-13/h2-7,9,11,15,27H,8,10H2,1H3,(H2,21,22,23,24,25). The van der Waals surface area contributed by atoms with Crippen LogP contribution in [0.2, 0.25) is 0 Å². The fourth-order valence-corrected chi connectivity index (χ4v) is 3.06. The third kappa shape index (κ3) is 3.52. The van der Waals surface area contributed by atoms with Crippen molar-refractivity contribution in [2.45, 2.75) is 19.3 Å². The number of aliphatic hydroxyl groups excluding tert-OH is 1. The molecule has 8 heteroatoms. The fourth-order valence-electron chi connectivity index (χ4n) is 3.06. The van der Waals surface area contributed by atoms with Gasteiger partial charge in [0.25, 0.3) is 0 Å². The predicted molar refractivity (Wildman–Crippen MR) is 99.5 cm³/mol. The molecule has 4 aromatic rings. The highest BCUT2D eigenvalue weighted by Crippen LogP contribution is 2.28. The van der Waals surface area contributed by atoms with Gasteiger partial charge in [0.05, 0.1) is 0 Å². The summed E-state index contributed by atoms with van der Waals surface area (Å²) in [6.07, 6.45) is 2.27. The summed E-state index contributed by atoms with van der Waals surface area (Å²) >= 11 is 0. The maximum Gasteiger partial charge on any atom is 0.159 e. The predicted octanol–water partition coefficient (Wildman–Crippen LogP) is 3.16. The van der Waals surface area contributed by atoms with Gasteiger partial charge in [-0.05, 0) is 43.2 Å². The van der Waals surface area contributed by atoms with E-state index in [1.807, 2.05) is 31.3 Å². The Labute approximate surface area is 154 Å². The molecule has 27 heavy (non-hydrogen) atoms.